The first-order chi connectivity index (χ1) is 10.7. The highest BCUT2D eigenvalue weighted by Gasteiger charge is 2.73. The van der Waals surface area contributed by atoms with E-state index in [4.69, 9.17) is 0 Å². The van der Waals surface area contributed by atoms with Crippen molar-refractivity contribution in [3.8, 4) is 0 Å². The predicted molar refractivity (Wildman–Crippen MR) is 80.7 cm³/mol. The van der Waals surface area contributed by atoms with Crippen LogP contribution in [-0.4, -0.2) is 23.0 Å². The topological polar surface area (TPSA) is 49.7 Å². The zero-order valence-corrected chi connectivity index (χ0v) is 12.1. The van der Waals surface area contributed by atoms with E-state index >= 15 is 0 Å². The summed E-state index contributed by atoms with van der Waals surface area (Å²) < 4.78 is 0. The third-order valence-corrected chi connectivity index (χ3v) is 5.95. The molecule has 4 atom stereocenters. The zero-order valence-electron chi connectivity index (χ0n) is 12.1. The molecule has 2 bridgehead atoms. The number of allylic oxidation sites excluding steroid dienone is 2. The smallest absolute Gasteiger partial charge is 0.254 e. The minimum Gasteiger partial charge on any atom is -0.272 e. The Morgan fingerprint density at radius 1 is 1.00 bits per heavy atom. The van der Waals surface area contributed by atoms with Crippen molar-refractivity contribution in [2.75, 3.05) is 0 Å². The van der Waals surface area contributed by atoms with Gasteiger partial charge in [0.2, 0.25) is 0 Å². The van der Waals surface area contributed by atoms with Gasteiger partial charge >= 0.3 is 0 Å². The molecule has 3 aliphatic carbocycles. The maximum Gasteiger partial charge on any atom is 0.254 e. The fourth-order valence-corrected chi connectivity index (χ4v) is 4.84. The summed E-state index contributed by atoms with van der Waals surface area (Å²) in [5, 5.41) is 5.30. The first kappa shape index (κ1) is 12.3. The van der Waals surface area contributed by atoms with Crippen molar-refractivity contribution in [3.05, 3.63) is 48.0 Å². The Bertz CT molecular complexity index is 699. The van der Waals surface area contributed by atoms with Crippen molar-refractivity contribution in [2.45, 2.75) is 12.8 Å². The van der Waals surface area contributed by atoms with Crippen molar-refractivity contribution in [3.63, 3.8) is 0 Å². The largest absolute Gasteiger partial charge is 0.272 e. The van der Waals surface area contributed by atoms with E-state index in [0.717, 1.165) is 23.4 Å². The number of amides is 2. The second kappa shape index (κ2) is 3.94. The van der Waals surface area contributed by atoms with Crippen molar-refractivity contribution < 1.29 is 9.59 Å². The fourth-order valence-electron chi connectivity index (χ4n) is 4.84. The quantitative estimate of drug-likeness (QED) is 0.477. The van der Waals surface area contributed by atoms with Crippen LogP contribution in [0.15, 0.2) is 47.6 Å². The molecule has 3 fully saturated rings. The van der Waals surface area contributed by atoms with Crippen LogP contribution >= 0.6 is 0 Å². The van der Waals surface area contributed by atoms with E-state index in [2.05, 4.69) is 17.3 Å². The molecule has 1 saturated heterocycles. The number of hydrazone groups is 1. The fraction of sp³-hybridized carbons (Fsp3) is 0.389. The molecule has 1 aliphatic heterocycles. The Hall–Kier alpha value is -2.23. The van der Waals surface area contributed by atoms with E-state index in [1.165, 1.54) is 0 Å². The lowest BCUT2D eigenvalue weighted by atomic mass is 9.85. The summed E-state index contributed by atoms with van der Waals surface area (Å²) in [7, 11) is 0. The standard InChI is InChI=1S/C18H16N2O2/c21-16-14-12-6-7-13(18(12)8-9-18)15(14)17(22)20(16)19-10-11-4-2-1-3-5-11/h1-7,10,12-15H,8-9H2/b19-10-/t12-,13-,14-,15-/m0/s1. The van der Waals surface area contributed by atoms with Gasteiger partial charge in [0.1, 0.15) is 0 Å². The highest BCUT2D eigenvalue weighted by atomic mass is 16.2. The van der Waals surface area contributed by atoms with Gasteiger partial charge in [-0.1, -0.05) is 42.5 Å². The maximum atomic E-state index is 12.7. The summed E-state index contributed by atoms with van der Waals surface area (Å²) in [6.45, 7) is 0. The molecule has 110 valence electrons. The van der Waals surface area contributed by atoms with E-state index in [-0.39, 0.29) is 40.9 Å². The van der Waals surface area contributed by atoms with Crippen molar-refractivity contribution >= 4 is 18.0 Å². The Kier molecular flexibility index (Phi) is 2.21. The van der Waals surface area contributed by atoms with Crippen molar-refractivity contribution in [1.29, 1.82) is 0 Å². The van der Waals surface area contributed by atoms with Gasteiger partial charge in [-0.05, 0) is 35.7 Å². The molecule has 0 N–H and O–H groups in total. The number of hydrogen-bond acceptors (Lipinski definition) is 3. The van der Waals surface area contributed by atoms with Crippen LogP contribution in [0.5, 0.6) is 0 Å². The molecule has 0 radical (unpaired) electrons. The lowest BCUT2D eigenvalue weighted by Gasteiger charge is -2.18. The lowest BCUT2D eigenvalue weighted by Crippen LogP contribution is -2.30. The average molecular weight is 292 g/mol. The number of benzene rings is 1. The summed E-state index contributed by atoms with van der Waals surface area (Å²) in [4.78, 5) is 25.4. The summed E-state index contributed by atoms with van der Waals surface area (Å²) in [6.07, 6.45) is 8.27. The molecule has 5 rings (SSSR count). The number of carbonyl (C=O) groups is 2. The molecule has 1 heterocycles. The Morgan fingerprint density at radius 2 is 1.59 bits per heavy atom. The molecule has 0 unspecified atom stereocenters. The number of carbonyl (C=O) groups excluding carboxylic acids is 2. The van der Waals surface area contributed by atoms with E-state index < -0.39 is 0 Å². The monoisotopic (exact) mass is 292 g/mol. The van der Waals surface area contributed by atoms with Crippen molar-refractivity contribution in [2.24, 2.45) is 34.2 Å². The number of hydrogen-bond donors (Lipinski definition) is 0. The highest BCUT2D eigenvalue weighted by molar-refractivity contribution is 6.07. The summed E-state index contributed by atoms with van der Waals surface area (Å²) >= 11 is 0. The number of nitrogens with zero attached hydrogens (tertiary/aromatic N) is 2. The van der Waals surface area contributed by atoms with E-state index in [9.17, 15) is 9.59 Å². The number of fused-ring (bicyclic) bond motifs is 3. The molecule has 1 spiro atoms. The predicted octanol–water partition coefficient (Wildman–Crippen LogP) is 2.22. The minimum absolute atomic E-state index is 0.106. The van der Waals surface area contributed by atoms with Gasteiger partial charge in [0.05, 0.1) is 18.1 Å². The second-order valence-corrected chi connectivity index (χ2v) is 6.86. The summed E-state index contributed by atoms with van der Waals surface area (Å²) in [6, 6.07) is 9.54. The van der Waals surface area contributed by atoms with E-state index in [1.807, 2.05) is 30.3 Å². The van der Waals surface area contributed by atoms with Gasteiger partial charge < -0.3 is 0 Å². The lowest BCUT2D eigenvalue weighted by molar-refractivity contribution is -0.141. The van der Waals surface area contributed by atoms with Crippen LogP contribution < -0.4 is 0 Å². The van der Waals surface area contributed by atoms with Gasteiger partial charge in [-0.25, -0.2) is 0 Å². The van der Waals surface area contributed by atoms with Gasteiger partial charge in [-0.3, -0.25) is 9.59 Å². The molecule has 4 aliphatic rings. The molecule has 1 aromatic carbocycles. The maximum absolute atomic E-state index is 12.7. The van der Waals surface area contributed by atoms with Crippen LogP contribution in [0.2, 0.25) is 0 Å². The van der Waals surface area contributed by atoms with Crippen LogP contribution in [-0.2, 0) is 9.59 Å². The van der Waals surface area contributed by atoms with Crippen LogP contribution in [0.3, 0.4) is 0 Å². The van der Waals surface area contributed by atoms with Crippen LogP contribution in [0.25, 0.3) is 0 Å². The molecular weight excluding hydrogens is 276 g/mol. The highest BCUT2D eigenvalue weighted by Crippen LogP contribution is 2.73. The van der Waals surface area contributed by atoms with Crippen molar-refractivity contribution in [1.82, 2.24) is 5.01 Å². The van der Waals surface area contributed by atoms with Gasteiger partial charge in [0.15, 0.2) is 0 Å². The molecule has 2 amide bonds. The minimum atomic E-state index is -0.169. The van der Waals surface area contributed by atoms with Gasteiger partial charge in [-0.2, -0.15) is 10.1 Å². The molecule has 1 aromatic rings. The van der Waals surface area contributed by atoms with Gasteiger partial charge in [0.25, 0.3) is 11.8 Å². The molecule has 22 heavy (non-hydrogen) atoms. The summed E-state index contributed by atoms with van der Waals surface area (Å²) in [5.74, 6) is -0.0294. The summed E-state index contributed by atoms with van der Waals surface area (Å²) in [5.41, 5.74) is 1.13. The molecule has 0 aromatic heterocycles. The molecule has 4 heteroatoms. The molecule has 4 nitrogen and oxygen atoms in total. The zero-order chi connectivity index (χ0) is 14.9. The number of imide groups is 1. The first-order valence-corrected chi connectivity index (χ1v) is 7.87. The average Bonchev–Trinajstić information content (AvgIpc) is 3.14. The SMILES string of the molecule is O=C1[C@@H]2[C@@H](C(=O)N1/N=C\c1ccccc1)[C@@H]1C=C[C@@H]2C12CC2. The third-order valence-electron chi connectivity index (χ3n) is 5.95. The van der Waals surface area contributed by atoms with Gasteiger partial charge in [0, 0.05) is 0 Å². The molecule has 2 saturated carbocycles. The molecular formula is C18H16N2O2. The van der Waals surface area contributed by atoms with E-state index in [0.29, 0.717) is 0 Å². The van der Waals surface area contributed by atoms with Crippen LogP contribution in [0.1, 0.15) is 18.4 Å². The Balaban J connectivity index is 1.46. The Labute approximate surface area is 128 Å². The van der Waals surface area contributed by atoms with E-state index in [1.54, 1.807) is 6.21 Å². The first-order valence-electron chi connectivity index (χ1n) is 7.87. The Morgan fingerprint density at radius 3 is 2.14 bits per heavy atom. The van der Waals surface area contributed by atoms with Crippen LogP contribution in [0, 0.1) is 29.1 Å². The number of rotatable bonds is 2. The van der Waals surface area contributed by atoms with Crippen LogP contribution in [0.4, 0.5) is 0 Å². The second-order valence-electron chi connectivity index (χ2n) is 6.86. The van der Waals surface area contributed by atoms with Gasteiger partial charge in [-0.15, -0.1) is 0 Å². The third kappa shape index (κ3) is 1.35. The normalized spacial score (nSPS) is 36.8.